The maximum atomic E-state index is 13.2. The molecule has 1 aliphatic heterocycles. The molecule has 0 saturated carbocycles. The number of likely N-dealkylation sites (tertiary alicyclic amines) is 1. The van der Waals surface area contributed by atoms with Crippen LogP contribution in [0.25, 0.3) is 0 Å². The summed E-state index contributed by atoms with van der Waals surface area (Å²) >= 11 is 0. The van der Waals surface area contributed by atoms with Crippen molar-refractivity contribution in [2.75, 3.05) is 13.1 Å². The molecule has 0 spiro atoms. The van der Waals surface area contributed by atoms with Gasteiger partial charge in [-0.05, 0) is 43.9 Å². The van der Waals surface area contributed by atoms with Crippen molar-refractivity contribution in [3.63, 3.8) is 0 Å². The second-order valence-electron chi connectivity index (χ2n) is 7.68. The Labute approximate surface area is 177 Å². The SMILES string of the molecule is Cc1ccc(S(=O)(=O)N[C@H](Cc2ccccc2)C(=O)N2CCC(C(N)=O)CC2)cc1. The lowest BCUT2D eigenvalue weighted by Gasteiger charge is -2.33. The fraction of sp³-hybridized carbons (Fsp3) is 0.364. The van der Waals surface area contributed by atoms with Crippen LogP contribution in [0, 0.1) is 12.8 Å². The van der Waals surface area contributed by atoms with Crippen molar-refractivity contribution < 1.29 is 18.0 Å². The molecule has 30 heavy (non-hydrogen) atoms. The Morgan fingerprint density at radius 2 is 1.67 bits per heavy atom. The van der Waals surface area contributed by atoms with Gasteiger partial charge in [0.25, 0.3) is 0 Å². The summed E-state index contributed by atoms with van der Waals surface area (Å²) in [5.74, 6) is -0.897. The molecule has 1 fully saturated rings. The van der Waals surface area contributed by atoms with Gasteiger partial charge in [-0.25, -0.2) is 8.42 Å². The summed E-state index contributed by atoms with van der Waals surface area (Å²) in [5, 5.41) is 0. The first-order chi connectivity index (χ1) is 14.3. The van der Waals surface area contributed by atoms with E-state index in [0.717, 1.165) is 11.1 Å². The van der Waals surface area contributed by atoms with Gasteiger partial charge in [0.2, 0.25) is 21.8 Å². The number of benzene rings is 2. The first-order valence-electron chi connectivity index (χ1n) is 9.97. The van der Waals surface area contributed by atoms with E-state index >= 15 is 0 Å². The fourth-order valence-corrected chi connectivity index (χ4v) is 4.80. The summed E-state index contributed by atoms with van der Waals surface area (Å²) in [6.45, 7) is 2.63. The third-order valence-corrected chi connectivity index (χ3v) is 6.91. The van der Waals surface area contributed by atoms with E-state index in [2.05, 4.69) is 4.72 Å². The lowest BCUT2D eigenvalue weighted by atomic mass is 9.95. The molecule has 2 amide bonds. The van der Waals surface area contributed by atoms with Gasteiger partial charge >= 0.3 is 0 Å². The molecule has 1 saturated heterocycles. The molecule has 1 atom stereocenters. The van der Waals surface area contributed by atoms with E-state index in [4.69, 9.17) is 5.73 Å². The Bertz CT molecular complexity index is 983. The van der Waals surface area contributed by atoms with Crippen molar-refractivity contribution >= 4 is 21.8 Å². The van der Waals surface area contributed by atoms with Crippen molar-refractivity contribution in [2.45, 2.75) is 37.1 Å². The Morgan fingerprint density at radius 3 is 2.23 bits per heavy atom. The predicted molar refractivity (Wildman–Crippen MR) is 114 cm³/mol. The zero-order chi connectivity index (χ0) is 21.7. The number of carbonyl (C=O) groups is 2. The summed E-state index contributed by atoms with van der Waals surface area (Å²) in [5.41, 5.74) is 7.18. The number of aryl methyl sites for hydroxylation is 1. The maximum absolute atomic E-state index is 13.2. The largest absolute Gasteiger partial charge is 0.369 e. The number of carbonyl (C=O) groups excluding carboxylic acids is 2. The minimum atomic E-state index is -3.88. The van der Waals surface area contributed by atoms with Gasteiger partial charge in [0.1, 0.15) is 6.04 Å². The highest BCUT2D eigenvalue weighted by molar-refractivity contribution is 7.89. The van der Waals surface area contributed by atoms with Crippen LogP contribution in [0.3, 0.4) is 0 Å². The summed E-state index contributed by atoms with van der Waals surface area (Å²) < 4.78 is 28.5. The minimum absolute atomic E-state index is 0.117. The van der Waals surface area contributed by atoms with Crippen LogP contribution >= 0.6 is 0 Å². The summed E-state index contributed by atoms with van der Waals surface area (Å²) in [6.07, 6.45) is 1.22. The molecule has 160 valence electrons. The Morgan fingerprint density at radius 1 is 1.07 bits per heavy atom. The number of piperidine rings is 1. The molecule has 0 aliphatic carbocycles. The highest BCUT2D eigenvalue weighted by atomic mass is 32.2. The quantitative estimate of drug-likeness (QED) is 0.697. The van der Waals surface area contributed by atoms with Crippen molar-refractivity contribution in [3.8, 4) is 0 Å². The van der Waals surface area contributed by atoms with Crippen molar-refractivity contribution in [1.82, 2.24) is 9.62 Å². The van der Waals surface area contributed by atoms with Crippen molar-refractivity contribution in [3.05, 3.63) is 65.7 Å². The van der Waals surface area contributed by atoms with Gasteiger partial charge < -0.3 is 10.6 Å². The Hall–Kier alpha value is -2.71. The zero-order valence-electron chi connectivity index (χ0n) is 17.0. The monoisotopic (exact) mass is 429 g/mol. The summed E-state index contributed by atoms with van der Waals surface area (Å²) in [4.78, 5) is 26.4. The van der Waals surface area contributed by atoms with E-state index < -0.39 is 16.1 Å². The molecule has 0 unspecified atom stereocenters. The topological polar surface area (TPSA) is 110 Å². The van der Waals surface area contributed by atoms with Crippen molar-refractivity contribution in [2.24, 2.45) is 11.7 Å². The number of nitrogens with two attached hydrogens (primary N) is 1. The van der Waals surface area contributed by atoms with E-state index in [1.54, 1.807) is 17.0 Å². The summed E-state index contributed by atoms with van der Waals surface area (Å²) in [7, 11) is -3.88. The molecule has 8 heteroatoms. The smallest absolute Gasteiger partial charge is 0.241 e. The first kappa shape index (κ1) is 22.0. The van der Waals surface area contributed by atoms with Gasteiger partial charge in [-0.15, -0.1) is 0 Å². The lowest BCUT2D eigenvalue weighted by Crippen LogP contribution is -2.52. The average Bonchev–Trinajstić information content (AvgIpc) is 2.74. The van der Waals surface area contributed by atoms with E-state index in [-0.39, 0.29) is 29.0 Å². The lowest BCUT2D eigenvalue weighted by molar-refractivity contribution is -0.136. The molecule has 1 heterocycles. The van der Waals surface area contributed by atoms with Gasteiger partial charge in [-0.3, -0.25) is 9.59 Å². The molecule has 3 rings (SSSR count). The Kier molecular flexibility index (Phi) is 6.89. The highest BCUT2D eigenvalue weighted by Gasteiger charge is 2.32. The van der Waals surface area contributed by atoms with Crippen LogP contribution in [-0.4, -0.2) is 44.3 Å². The molecule has 1 aliphatic rings. The van der Waals surface area contributed by atoms with Gasteiger partial charge in [0.15, 0.2) is 0 Å². The molecular formula is C22H27N3O4S. The van der Waals surface area contributed by atoms with Crippen molar-refractivity contribution in [1.29, 1.82) is 0 Å². The number of amides is 2. The van der Waals surface area contributed by atoms with Crippen LogP contribution in [-0.2, 0) is 26.0 Å². The maximum Gasteiger partial charge on any atom is 0.241 e. The van der Waals surface area contributed by atoms with E-state index in [1.165, 1.54) is 12.1 Å². The normalized spacial score (nSPS) is 16.2. The third kappa shape index (κ3) is 5.46. The number of nitrogens with one attached hydrogen (secondary N) is 1. The van der Waals surface area contributed by atoms with Gasteiger partial charge in [-0.1, -0.05) is 48.0 Å². The molecule has 2 aromatic rings. The molecule has 0 radical (unpaired) electrons. The average molecular weight is 430 g/mol. The van der Waals surface area contributed by atoms with Crippen LogP contribution < -0.4 is 10.5 Å². The molecule has 7 nitrogen and oxygen atoms in total. The minimum Gasteiger partial charge on any atom is -0.369 e. The number of nitrogens with zero attached hydrogens (tertiary/aromatic N) is 1. The summed E-state index contributed by atoms with van der Waals surface area (Å²) in [6, 6.07) is 14.8. The van der Waals surface area contributed by atoms with Crippen LogP contribution in [0.5, 0.6) is 0 Å². The number of primary amides is 1. The highest BCUT2D eigenvalue weighted by Crippen LogP contribution is 2.19. The standard InChI is InChI=1S/C22H27N3O4S/c1-16-7-9-19(10-8-16)30(28,29)24-20(15-17-5-3-2-4-6-17)22(27)25-13-11-18(12-14-25)21(23)26/h2-10,18,20,24H,11-15H2,1H3,(H2,23,26)/t20-/m1/s1. The predicted octanol–water partition coefficient (Wildman–Crippen LogP) is 1.61. The number of hydrogen-bond acceptors (Lipinski definition) is 4. The van der Waals surface area contributed by atoms with Gasteiger partial charge in [-0.2, -0.15) is 4.72 Å². The van der Waals surface area contributed by atoms with E-state index in [9.17, 15) is 18.0 Å². The van der Waals surface area contributed by atoms with E-state index in [1.807, 2.05) is 37.3 Å². The van der Waals surface area contributed by atoms with Crippen LogP contribution in [0.4, 0.5) is 0 Å². The first-order valence-corrected chi connectivity index (χ1v) is 11.5. The fourth-order valence-electron chi connectivity index (χ4n) is 3.61. The third-order valence-electron chi connectivity index (χ3n) is 5.42. The van der Waals surface area contributed by atoms with Gasteiger partial charge in [0.05, 0.1) is 4.90 Å². The second-order valence-corrected chi connectivity index (χ2v) is 9.39. The van der Waals surface area contributed by atoms with Crippen LogP contribution in [0.1, 0.15) is 24.0 Å². The number of rotatable bonds is 7. The van der Waals surface area contributed by atoms with Crippen LogP contribution in [0.2, 0.25) is 0 Å². The molecule has 0 bridgehead atoms. The molecule has 2 aromatic carbocycles. The zero-order valence-corrected chi connectivity index (χ0v) is 17.8. The van der Waals surface area contributed by atoms with Gasteiger partial charge in [0, 0.05) is 19.0 Å². The Balaban J connectivity index is 1.80. The van der Waals surface area contributed by atoms with Crippen LogP contribution in [0.15, 0.2) is 59.5 Å². The number of hydrogen-bond donors (Lipinski definition) is 2. The molecule has 0 aromatic heterocycles. The molecular weight excluding hydrogens is 402 g/mol. The van der Waals surface area contributed by atoms with E-state index in [0.29, 0.717) is 25.9 Å². The number of sulfonamides is 1. The second kappa shape index (κ2) is 9.40. The molecule has 3 N–H and O–H groups in total.